The molecule has 0 amide bonds. The van der Waals surface area contributed by atoms with E-state index >= 15 is 4.39 Å². The Morgan fingerprint density at radius 2 is 1.79 bits per heavy atom. The Hall–Kier alpha value is -2.86. The molecule has 202 valence electrons. The fourth-order valence-corrected chi connectivity index (χ4v) is 5.32. The molecule has 38 heavy (non-hydrogen) atoms. The Balaban J connectivity index is 1.56. The van der Waals surface area contributed by atoms with Crippen LogP contribution in [0.15, 0.2) is 36.7 Å². The van der Waals surface area contributed by atoms with Crippen molar-refractivity contribution in [3.63, 3.8) is 0 Å². The SMILES string of the molecule is CC1(C)CCC(Nc2ncnc3c(CC(=O)c4c(Cl)ccc(CCC(=O)C(C)(C)C)c4F)cccc23)CC1. The maximum Gasteiger partial charge on any atom is 0.171 e. The lowest BCUT2D eigenvalue weighted by Gasteiger charge is -2.35. The van der Waals surface area contributed by atoms with Crippen molar-refractivity contribution in [1.82, 2.24) is 9.97 Å². The molecule has 0 spiro atoms. The van der Waals surface area contributed by atoms with Crippen LogP contribution in [0.5, 0.6) is 0 Å². The zero-order valence-electron chi connectivity index (χ0n) is 23.0. The molecular formula is C31H37ClFN3O2. The number of ketones is 2. The molecular weight excluding hydrogens is 501 g/mol. The Labute approximate surface area is 229 Å². The summed E-state index contributed by atoms with van der Waals surface area (Å²) in [5.41, 5.74) is 1.40. The molecule has 1 aliphatic rings. The van der Waals surface area contributed by atoms with Gasteiger partial charge >= 0.3 is 0 Å². The molecule has 2 aromatic carbocycles. The lowest BCUT2D eigenvalue weighted by Crippen LogP contribution is -2.30. The predicted octanol–water partition coefficient (Wildman–Crippen LogP) is 7.78. The maximum atomic E-state index is 15.5. The van der Waals surface area contributed by atoms with E-state index in [9.17, 15) is 9.59 Å². The fourth-order valence-electron chi connectivity index (χ4n) is 5.07. The van der Waals surface area contributed by atoms with E-state index in [2.05, 4.69) is 29.1 Å². The van der Waals surface area contributed by atoms with Gasteiger partial charge in [0, 0.05) is 29.7 Å². The number of aryl methyl sites for hydroxylation is 1. The molecule has 3 aromatic rings. The van der Waals surface area contributed by atoms with Crippen LogP contribution in [0.3, 0.4) is 0 Å². The van der Waals surface area contributed by atoms with Gasteiger partial charge in [-0.25, -0.2) is 14.4 Å². The van der Waals surface area contributed by atoms with Gasteiger partial charge in [-0.2, -0.15) is 0 Å². The van der Waals surface area contributed by atoms with Gasteiger partial charge in [0.05, 0.1) is 16.1 Å². The minimum absolute atomic E-state index is 0.0384. The van der Waals surface area contributed by atoms with Gasteiger partial charge in [0.1, 0.15) is 23.7 Å². The third kappa shape index (κ3) is 6.40. The molecule has 1 N–H and O–H groups in total. The molecule has 1 aliphatic carbocycles. The molecule has 0 unspecified atom stereocenters. The molecule has 7 heteroatoms. The Kier molecular flexibility index (Phi) is 8.22. The van der Waals surface area contributed by atoms with E-state index in [-0.39, 0.29) is 35.6 Å². The second-order valence-corrected chi connectivity index (χ2v) is 12.7. The number of hydrogen-bond acceptors (Lipinski definition) is 5. The Morgan fingerprint density at radius 1 is 1.08 bits per heavy atom. The summed E-state index contributed by atoms with van der Waals surface area (Å²) in [6.45, 7) is 10.1. The second kappa shape index (κ2) is 11.1. The number of halogens is 2. The number of Topliss-reactive ketones (excluding diaryl/α,β-unsaturated/α-hetero) is 2. The van der Waals surface area contributed by atoms with E-state index < -0.39 is 17.0 Å². The topological polar surface area (TPSA) is 72.0 Å². The first-order valence-corrected chi connectivity index (χ1v) is 13.8. The number of nitrogens with zero attached hydrogens (tertiary/aromatic N) is 2. The molecule has 0 bridgehead atoms. The smallest absolute Gasteiger partial charge is 0.171 e. The number of aromatic nitrogens is 2. The summed E-state index contributed by atoms with van der Waals surface area (Å²) in [5.74, 6) is -0.284. The summed E-state index contributed by atoms with van der Waals surface area (Å²) in [4.78, 5) is 34.7. The Morgan fingerprint density at radius 3 is 2.47 bits per heavy atom. The van der Waals surface area contributed by atoms with Gasteiger partial charge in [0.15, 0.2) is 5.78 Å². The lowest BCUT2D eigenvalue weighted by molar-refractivity contribution is -0.126. The number of fused-ring (bicyclic) bond motifs is 1. The molecule has 0 atom stereocenters. The van der Waals surface area contributed by atoms with Crippen molar-refractivity contribution in [2.75, 3.05) is 5.32 Å². The summed E-state index contributed by atoms with van der Waals surface area (Å²) in [6, 6.07) is 9.08. The van der Waals surface area contributed by atoms with E-state index in [1.807, 2.05) is 39.0 Å². The largest absolute Gasteiger partial charge is 0.367 e. The van der Waals surface area contributed by atoms with Gasteiger partial charge in [-0.3, -0.25) is 9.59 Å². The van der Waals surface area contributed by atoms with E-state index in [1.165, 1.54) is 12.4 Å². The molecule has 0 saturated heterocycles. The average Bonchev–Trinajstić information content (AvgIpc) is 2.84. The maximum absolute atomic E-state index is 15.5. The number of carbonyl (C=O) groups excluding carboxylic acids is 2. The monoisotopic (exact) mass is 537 g/mol. The summed E-state index contributed by atoms with van der Waals surface area (Å²) in [5, 5.41) is 4.49. The van der Waals surface area contributed by atoms with Crippen LogP contribution in [-0.2, 0) is 17.6 Å². The number of benzene rings is 2. The van der Waals surface area contributed by atoms with Crippen molar-refractivity contribution in [1.29, 1.82) is 0 Å². The third-order valence-electron chi connectivity index (χ3n) is 7.69. The molecule has 1 aromatic heterocycles. The van der Waals surface area contributed by atoms with E-state index in [0.29, 0.717) is 28.1 Å². The number of para-hydroxylation sites is 1. The van der Waals surface area contributed by atoms with Crippen molar-refractivity contribution in [2.24, 2.45) is 10.8 Å². The van der Waals surface area contributed by atoms with Crippen molar-refractivity contribution >= 4 is 39.9 Å². The quantitative estimate of drug-likeness (QED) is 0.297. The first-order valence-electron chi connectivity index (χ1n) is 13.4. The highest BCUT2D eigenvalue weighted by Gasteiger charge is 2.28. The third-order valence-corrected chi connectivity index (χ3v) is 8.00. The van der Waals surface area contributed by atoms with Crippen molar-refractivity contribution in [3.05, 3.63) is 64.2 Å². The van der Waals surface area contributed by atoms with Crippen LogP contribution in [-0.4, -0.2) is 27.6 Å². The molecule has 1 saturated carbocycles. The van der Waals surface area contributed by atoms with Crippen LogP contribution in [0.2, 0.25) is 5.02 Å². The molecule has 0 radical (unpaired) electrons. The number of carbonyl (C=O) groups is 2. The highest BCUT2D eigenvalue weighted by atomic mass is 35.5. The average molecular weight is 538 g/mol. The van der Waals surface area contributed by atoms with Gasteiger partial charge in [-0.05, 0) is 60.8 Å². The first-order chi connectivity index (χ1) is 17.9. The lowest BCUT2D eigenvalue weighted by atomic mass is 9.75. The summed E-state index contributed by atoms with van der Waals surface area (Å²) < 4.78 is 15.5. The highest BCUT2D eigenvalue weighted by molar-refractivity contribution is 6.34. The standard InChI is InChI=1S/C31H37ClFN3O2/c1-30(2,3)25(38)12-10-19-9-11-23(32)26(27(19)33)24(37)17-20-7-6-8-22-28(20)34-18-35-29(22)36-21-13-15-31(4,5)16-14-21/h6-9,11,18,21H,10,12-17H2,1-5H3,(H,34,35,36). The number of hydrogen-bond donors (Lipinski definition) is 1. The summed E-state index contributed by atoms with van der Waals surface area (Å²) in [6.07, 6.45) is 6.33. The van der Waals surface area contributed by atoms with Crippen LogP contribution in [0.4, 0.5) is 10.2 Å². The van der Waals surface area contributed by atoms with E-state index in [0.717, 1.165) is 36.9 Å². The predicted molar refractivity (Wildman–Crippen MR) is 151 cm³/mol. The fraction of sp³-hybridized carbons (Fsp3) is 0.484. The van der Waals surface area contributed by atoms with Crippen LogP contribution in [0, 0.1) is 16.6 Å². The van der Waals surface area contributed by atoms with Crippen LogP contribution in [0.25, 0.3) is 10.9 Å². The normalized spacial score (nSPS) is 16.0. The number of nitrogens with one attached hydrogen (secondary N) is 1. The minimum atomic E-state index is -0.651. The molecule has 5 nitrogen and oxygen atoms in total. The minimum Gasteiger partial charge on any atom is -0.367 e. The zero-order chi connectivity index (χ0) is 27.7. The molecule has 1 fully saturated rings. The Bertz CT molecular complexity index is 1350. The van der Waals surface area contributed by atoms with E-state index in [1.54, 1.807) is 6.07 Å². The highest BCUT2D eigenvalue weighted by Crippen LogP contribution is 2.37. The van der Waals surface area contributed by atoms with Gasteiger partial charge in [0.2, 0.25) is 0 Å². The van der Waals surface area contributed by atoms with Crippen molar-refractivity contribution < 1.29 is 14.0 Å². The molecule has 4 rings (SSSR count). The number of anilines is 1. The van der Waals surface area contributed by atoms with Crippen molar-refractivity contribution in [2.45, 2.75) is 85.6 Å². The van der Waals surface area contributed by atoms with E-state index in [4.69, 9.17) is 11.6 Å². The zero-order valence-corrected chi connectivity index (χ0v) is 23.7. The van der Waals surface area contributed by atoms with Crippen LogP contribution >= 0.6 is 11.6 Å². The second-order valence-electron chi connectivity index (χ2n) is 12.3. The van der Waals surface area contributed by atoms with Gasteiger partial charge in [-0.15, -0.1) is 0 Å². The molecule has 0 aliphatic heterocycles. The number of rotatable bonds is 8. The van der Waals surface area contributed by atoms with Crippen LogP contribution in [0.1, 0.15) is 88.2 Å². The van der Waals surface area contributed by atoms with Gasteiger partial charge in [-0.1, -0.05) is 64.4 Å². The molecule has 1 heterocycles. The summed E-state index contributed by atoms with van der Waals surface area (Å²) in [7, 11) is 0. The van der Waals surface area contributed by atoms with Crippen molar-refractivity contribution in [3.8, 4) is 0 Å². The van der Waals surface area contributed by atoms with Gasteiger partial charge in [0.25, 0.3) is 0 Å². The van der Waals surface area contributed by atoms with Gasteiger partial charge < -0.3 is 5.32 Å². The summed E-state index contributed by atoms with van der Waals surface area (Å²) >= 11 is 6.31. The first kappa shape index (κ1) is 28.2. The van der Waals surface area contributed by atoms with Crippen LogP contribution < -0.4 is 5.32 Å².